The fourth-order valence-electron chi connectivity index (χ4n) is 4.68. The lowest BCUT2D eigenvalue weighted by molar-refractivity contribution is -0.151. The van der Waals surface area contributed by atoms with E-state index in [0.717, 1.165) is 28.8 Å². The van der Waals surface area contributed by atoms with Gasteiger partial charge in [-0.05, 0) is 45.2 Å². The highest BCUT2D eigenvalue weighted by Gasteiger charge is 2.30. The quantitative estimate of drug-likeness (QED) is 0.501. The number of likely N-dealkylation sites (tertiary alicyclic amines) is 1. The van der Waals surface area contributed by atoms with E-state index in [0.29, 0.717) is 43.1 Å². The third kappa shape index (κ3) is 4.59. The number of benzene rings is 1. The number of halogens is 1. The molecule has 1 aliphatic rings. The Labute approximate surface area is 203 Å². The molecule has 3 aromatic rings. The maximum atomic E-state index is 13.3. The van der Waals surface area contributed by atoms with Crippen LogP contribution in [0.5, 0.6) is 0 Å². The Morgan fingerprint density at radius 2 is 1.97 bits per heavy atom. The summed E-state index contributed by atoms with van der Waals surface area (Å²) in [5.74, 6) is -0.830. The number of aromatic nitrogens is 3. The van der Waals surface area contributed by atoms with Crippen LogP contribution in [0.1, 0.15) is 36.7 Å². The summed E-state index contributed by atoms with van der Waals surface area (Å²) in [5, 5.41) is 6.27. The number of fused-ring (bicyclic) bond motifs is 1. The maximum absolute atomic E-state index is 13.3. The Kier molecular flexibility index (Phi) is 7.07. The molecule has 3 heterocycles. The van der Waals surface area contributed by atoms with Crippen LogP contribution < -0.4 is 5.56 Å². The molecule has 1 aliphatic heterocycles. The first kappa shape index (κ1) is 24.0. The van der Waals surface area contributed by atoms with Gasteiger partial charge in [0.25, 0.3) is 5.56 Å². The molecule has 0 saturated carbocycles. The maximum Gasteiger partial charge on any atom is 0.310 e. The van der Waals surface area contributed by atoms with Crippen LogP contribution in [0.4, 0.5) is 0 Å². The summed E-state index contributed by atoms with van der Waals surface area (Å²) in [7, 11) is 0. The van der Waals surface area contributed by atoms with Gasteiger partial charge in [0.15, 0.2) is 0 Å². The van der Waals surface area contributed by atoms with Crippen LogP contribution >= 0.6 is 11.6 Å². The molecule has 0 bridgehead atoms. The van der Waals surface area contributed by atoms with E-state index >= 15 is 0 Å². The van der Waals surface area contributed by atoms with E-state index in [2.05, 4.69) is 9.67 Å². The van der Waals surface area contributed by atoms with Gasteiger partial charge < -0.3 is 14.2 Å². The molecular weight excluding hydrogens is 456 g/mol. The summed E-state index contributed by atoms with van der Waals surface area (Å²) in [5.41, 5.74) is 2.38. The van der Waals surface area contributed by atoms with Crippen molar-refractivity contribution in [3.63, 3.8) is 0 Å². The first-order valence-corrected chi connectivity index (χ1v) is 11.9. The van der Waals surface area contributed by atoms with Crippen LogP contribution in [0, 0.1) is 19.8 Å². The second-order valence-electron chi connectivity index (χ2n) is 8.68. The molecule has 0 unspecified atom stereocenters. The molecule has 0 N–H and O–H groups in total. The van der Waals surface area contributed by atoms with E-state index in [1.165, 1.54) is 4.68 Å². The van der Waals surface area contributed by atoms with Crippen molar-refractivity contribution < 1.29 is 14.3 Å². The number of carbonyl (C=O) groups is 2. The van der Waals surface area contributed by atoms with Crippen molar-refractivity contribution in [3.8, 4) is 0 Å². The van der Waals surface area contributed by atoms with Crippen molar-refractivity contribution in [1.82, 2.24) is 19.2 Å². The SMILES string of the molecule is CCOC(=O)[C@@H]1CCCN(C(=O)Cn2ncc3c(C)n(Cc4ccccc4Cl)c(C)c3c2=O)C1. The summed E-state index contributed by atoms with van der Waals surface area (Å²) in [4.78, 5) is 40.0. The van der Waals surface area contributed by atoms with Crippen molar-refractivity contribution in [2.45, 2.75) is 46.7 Å². The van der Waals surface area contributed by atoms with Crippen molar-refractivity contribution in [2.75, 3.05) is 19.7 Å². The van der Waals surface area contributed by atoms with Gasteiger partial charge in [-0.25, -0.2) is 4.68 Å². The third-order valence-electron chi connectivity index (χ3n) is 6.57. The first-order valence-electron chi connectivity index (χ1n) is 11.5. The Bertz CT molecular complexity index is 1300. The molecule has 8 nitrogen and oxygen atoms in total. The number of piperidine rings is 1. The lowest BCUT2D eigenvalue weighted by Crippen LogP contribution is -2.45. The summed E-state index contributed by atoms with van der Waals surface area (Å²) in [6.07, 6.45) is 3.07. The molecule has 34 heavy (non-hydrogen) atoms. The van der Waals surface area contributed by atoms with Crippen molar-refractivity contribution >= 4 is 34.2 Å². The molecule has 1 atom stereocenters. The number of hydrogen-bond donors (Lipinski definition) is 0. The topological polar surface area (TPSA) is 86.4 Å². The van der Waals surface area contributed by atoms with Gasteiger partial charge in [0, 0.05) is 41.4 Å². The second-order valence-corrected chi connectivity index (χ2v) is 9.08. The van der Waals surface area contributed by atoms with Crippen LogP contribution in [-0.4, -0.2) is 50.8 Å². The standard InChI is InChI=1S/C25H29ClN4O4/c1-4-34-25(33)19-9-7-11-28(13-19)22(31)15-30-24(32)23-17(3)29(16(2)20(23)12-27-30)14-18-8-5-6-10-21(18)26/h5-6,8,10,12,19H,4,7,9,11,13-15H2,1-3H3/t19-/m1/s1. The number of aryl methyl sites for hydroxylation is 2. The lowest BCUT2D eigenvalue weighted by Gasteiger charge is -2.31. The lowest BCUT2D eigenvalue weighted by atomic mass is 9.98. The molecule has 0 radical (unpaired) electrons. The Morgan fingerprint density at radius 1 is 1.21 bits per heavy atom. The van der Waals surface area contributed by atoms with Gasteiger partial charge in [0.2, 0.25) is 5.91 Å². The van der Waals surface area contributed by atoms with Gasteiger partial charge in [-0.15, -0.1) is 0 Å². The number of ether oxygens (including phenoxy) is 1. The zero-order valence-electron chi connectivity index (χ0n) is 19.7. The Morgan fingerprint density at radius 3 is 2.71 bits per heavy atom. The Balaban J connectivity index is 1.58. The molecule has 1 fully saturated rings. The fourth-order valence-corrected chi connectivity index (χ4v) is 4.87. The molecule has 9 heteroatoms. The highest BCUT2D eigenvalue weighted by Crippen LogP contribution is 2.25. The fraction of sp³-hybridized carbons (Fsp3) is 0.440. The summed E-state index contributed by atoms with van der Waals surface area (Å²) in [6, 6.07) is 7.62. The second kappa shape index (κ2) is 10.0. The van der Waals surface area contributed by atoms with Crippen LogP contribution in [-0.2, 0) is 27.4 Å². The number of amides is 1. The predicted octanol–water partition coefficient (Wildman–Crippen LogP) is 3.32. The molecule has 180 valence electrons. The van der Waals surface area contributed by atoms with E-state index in [1.807, 2.05) is 38.1 Å². The van der Waals surface area contributed by atoms with E-state index in [1.54, 1.807) is 18.0 Å². The monoisotopic (exact) mass is 484 g/mol. The van der Waals surface area contributed by atoms with Crippen molar-refractivity contribution in [3.05, 3.63) is 62.8 Å². The smallest absolute Gasteiger partial charge is 0.310 e. The molecule has 2 aromatic heterocycles. The van der Waals surface area contributed by atoms with E-state index < -0.39 is 0 Å². The van der Waals surface area contributed by atoms with Crippen LogP contribution in [0.2, 0.25) is 5.02 Å². The van der Waals surface area contributed by atoms with Crippen molar-refractivity contribution in [1.29, 1.82) is 0 Å². The van der Waals surface area contributed by atoms with Crippen LogP contribution in [0.15, 0.2) is 35.3 Å². The Hall–Kier alpha value is -3.13. The minimum absolute atomic E-state index is 0.168. The van der Waals surface area contributed by atoms with Crippen LogP contribution in [0.3, 0.4) is 0 Å². The van der Waals surface area contributed by atoms with Crippen LogP contribution in [0.25, 0.3) is 10.8 Å². The van der Waals surface area contributed by atoms with Gasteiger partial charge in [0.05, 0.1) is 24.1 Å². The largest absolute Gasteiger partial charge is 0.466 e. The van der Waals surface area contributed by atoms with Gasteiger partial charge >= 0.3 is 5.97 Å². The molecule has 1 saturated heterocycles. The number of carbonyl (C=O) groups excluding carboxylic acids is 2. The average Bonchev–Trinajstić information content (AvgIpc) is 3.07. The summed E-state index contributed by atoms with van der Waals surface area (Å²) >= 11 is 6.35. The molecule has 0 aliphatic carbocycles. The van der Waals surface area contributed by atoms with E-state index in [9.17, 15) is 14.4 Å². The van der Waals surface area contributed by atoms with Gasteiger partial charge in [-0.1, -0.05) is 29.8 Å². The zero-order valence-corrected chi connectivity index (χ0v) is 20.5. The zero-order chi connectivity index (χ0) is 24.4. The number of hydrogen-bond acceptors (Lipinski definition) is 5. The number of esters is 1. The average molecular weight is 485 g/mol. The first-order chi connectivity index (χ1) is 16.3. The summed E-state index contributed by atoms with van der Waals surface area (Å²) in [6.45, 7) is 7.16. The normalized spacial score (nSPS) is 16.1. The minimum atomic E-state index is -0.325. The number of nitrogens with zero attached hydrogens (tertiary/aromatic N) is 4. The highest BCUT2D eigenvalue weighted by molar-refractivity contribution is 6.31. The van der Waals surface area contributed by atoms with Crippen molar-refractivity contribution in [2.24, 2.45) is 5.92 Å². The minimum Gasteiger partial charge on any atom is -0.466 e. The van der Waals surface area contributed by atoms with E-state index in [-0.39, 0.29) is 29.9 Å². The third-order valence-corrected chi connectivity index (χ3v) is 6.94. The molecular formula is C25H29ClN4O4. The molecule has 4 rings (SSSR count). The molecule has 1 aromatic carbocycles. The van der Waals surface area contributed by atoms with Gasteiger partial charge in [-0.3, -0.25) is 14.4 Å². The summed E-state index contributed by atoms with van der Waals surface area (Å²) < 4.78 is 8.38. The predicted molar refractivity (Wildman–Crippen MR) is 130 cm³/mol. The van der Waals surface area contributed by atoms with Gasteiger partial charge in [0.1, 0.15) is 6.54 Å². The van der Waals surface area contributed by atoms with E-state index in [4.69, 9.17) is 16.3 Å². The molecule has 1 amide bonds. The number of rotatable bonds is 6. The van der Waals surface area contributed by atoms with Gasteiger partial charge in [-0.2, -0.15) is 5.10 Å². The highest BCUT2D eigenvalue weighted by atomic mass is 35.5. The molecule has 0 spiro atoms.